The molecular weight excluding hydrogens is 356 g/mol. The molecule has 2 aromatic rings. The Balaban J connectivity index is 1.32. The lowest BCUT2D eigenvalue weighted by Crippen LogP contribution is -2.38. The van der Waals surface area contributed by atoms with Crippen LogP contribution in [0.5, 0.6) is 0 Å². The SMILES string of the molecule is O=C(Nc1nc2c(s1)CCCCC2)N1CCCN(Cc2ccccc2)CC1. The van der Waals surface area contributed by atoms with Gasteiger partial charge in [-0.15, -0.1) is 11.3 Å². The van der Waals surface area contributed by atoms with Crippen molar-refractivity contribution in [2.75, 3.05) is 31.5 Å². The van der Waals surface area contributed by atoms with Crippen molar-refractivity contribution < 1.29 is 4.79 Å². The van der Waals surface area contributed by atoms with Crippen molar-refractivity contribution in [3.63, 3.8) is 0 Å². The summed E-state index contributed by atoms with van der Waals surface area (Å²) in [5.41, 5.74) is 2.54. The molecule has 2 aliphatic rings. The Kier molecular flexibility index (Phi) is 6.04. The zero-order chi connectivity index (χ0) is 18.5. The monoisotopic (exact) mass is 384 g/mol. The molecule has 1 aromatic carbocycles. The van der Waals surface area contributed by atoms with Crippen LogP contribution in [-0.2, 0) is 19.4 Å². The third-order valence-electron chi connectivity index (χ3n) is 5.43. The molecule has 27 heavy (non-hydrogen) atoms. The molecule has 2 amide bonds. The zero-order valence-corrected chi connectivity index (χ0v) is 16.6. The number of carbonyl (C=O) groups is 1. The molecule has 1 aliphatic heterocycles. The maximum absolute atomic E-state index is 12.7. The number of amides is 2. The number of carbonyl (C=O) groups excluding carboxylic acids is 1. The van der Waals surface area contributed by atoms with E-state index >= 15 is 0 Å². The molecule has 1 aliphatic carbocycles. The van der Waals surface area contributed by atoms with Crippen LogP contribution < -0.4 is 5.32 Å². The minimum absolute atomic E-state index is 0.000436. The highest BCUT2D eigenvalue weighted by Crippen LogP contribution is 2.29. The van der Waals surface area contributed by atoms with E-state index in [1.54, 1.807) is 11.3 Å². The average Bonchev–Trinajstić information content (AvgIpc) is 2.84. The van der Waals surface area contributed by atoms with Gasteiger partial charge in [0.15, 0.2) is 5.13 Å². The first-order chi connectivity index (χ1) is 13.3. The molecule has 6 heteroatoms. The Morgan fingerprint density at radius 2 is 1.85 bits per heavy atom. The van der Waals surface area contributed by atoms with Gasteiger partial charge in [-0.25, -0.2) is 9.78 Å². The molecule has 0 spiro atoms. The fourth-order valence-corrected chi connectivity index (χ4v) is 4.97. The van der Waals surface area contributed by atoms with Crippen molar-refractivity contribution in [2.24, 2.45) is 0 Å². The Bertz CT molecular complexity index is 737. The van der Waals surface area contributed by atoms with Gasteiger partial charge < -0.3 is 4.90 Å². The van der Waals surface area contributed by atoms with Gasteiger partial charge in [-0.05, 0) is 37.7 Å². The summed E-state index contributed by atoms with van der Waals surface area (Å²) >= 11 is 1.67. The number of urea groups is 1. The van der Waals surface area contributed by atoms with Crippen molar-refractivity contribution in [2.45, 2.75) is 45.1 Å². The molecule has 1 saturated heterocycles. The van der Waals surface area contributed by atoms with Crippen LogP contribution in [-0.4, -0.2) is 47.0 Å². The highest BCUT2D eigenvalue weighted by Gasteiger charge is 2.21. The van der Waals surface area contributed by atoms with E-state index in [9.17, 15) is 4.79 Å². The van der Waals surface area contributed by atoms with Crippen LogP contribution in [0.3, 0.4) is 0 Å². The van der Waals surface area contributed by atoms with Crippen LogP contribution in [0.2, 0.25) is 0 Å². The Hall–Kier alpha value is -1.92. The molecule has 0 bridgehead atoms. The van der Waals surface area contributed by atoms with E-state index < -0.39 is 0 Å². The summed E-state index contributed by atoms with van der Waals surface area (Å²) in [6.07, 6.45) is 6.92. The van der Waals surface area contributed by atoms with E-state index in [0.717, 1.165) is 57.1 Å². The number of fused-ring (bicyclic) bond motifs is 1. The minimum Gasteiger partial charge on any atom is -0.323 e. The second kappa shape index (κ2) is 8.85. The van der Waals surface area contributed by atoms with Gasteiger partial charge in [0.2, 0.25) is 0 Å². The molecule has 1 aromatic heterocycles. The summed E-state index contributed by atoms with van der Waals surface area (Å²) in [6.45, 7) is 4.47. The lowest BCUT2D eigenvalue weighted by molar-refractivity contribution is 0.211. The van der Waals surface area contributed by atoms with E-state index in [-0.39, 0.29) is 6.03 Å². The van der Waals surface area contributed by atoms with Gasteiger partial charge in [-0.2, -0.15) is 0 Å². The number of rotatable bonds is 3. The van der Waals surface area contributed by atoms with Gasteiger partial charge in [0, 0.05) is 37.6 Å². The average molecular weight is 385 g/mol. The standard InChI is InChI=1S/C21H28N4OS/c26-21(23-20-22-18-10-5-2-6-11-19(18)27-20)25-13-7-12-24(14-15-25)16-17-8-3-1-4-9-17/h1,3-4,8-9H,2,5-7,10-16H2,(H,22,23,26). The van der Waals surface area contributed by atoms with Crippen molar-refractivity contribution >= 4 is 22.5 Å². The van der Waals surface area contributed by atoms with E-state index in [2.05, 4.69) is 45.5 Å². The molecule has 0 radical (unpaired) electrons. The van der Waals surface area contributed by atoms with Crippen LogP contribution >= 0.6 is 11.3 Å². The van der Waals surface area contributed by atoms with Gasteiger partial charge in [0.25, 0.3) is 0 Å². The smallest absolute Gasteiger partial charge is 0.323 e. The summed E-state index contributed by atoms with van der Waals surface area (Å²) in [4.78, 5) is 23.2. The zero-order valence-electron chi connectivity index (χ0n) is 15.8. The van der Waals surface area contributed by atoms with Crippen LogP contribution in [0.4, 0.5) is 9.93 Å². The maximum atomic E-state index is 12.7. The van der Waals surface area contributed by atoms with Crippen LogP contribution in [0.15, 0.2) is 30.3 Å². The molecule has 0 saturated carbocycles. The molecule has 0 unspecified atom stereocenters. The fraction of sp³-hybridized carbons (Fsp3) is 0.524. The molecule has 4 rings (SSSR count). The quantitative estimate of drug-likeness (QED) is 0.809. The number of hydrogen-bond acceptors (Lipinski definition) is 4. The van der Waals surface area contributed by atoms with E-state index in [1.807, 2.05) is 4.90 Å². The third kappa shape index (κ3) is 4.87. The summed E-state index contributed by atoms with van der Waals surface area (Å²) in [5.74, 6) is 0. The van der Waals surface area contributed by atoms with E-state index in [0.29, 0.717) is 0 Å². The summed E-state index contributed by atoms with van der Waals surface area (Å²) < 4.78 is 0. The Morgan fingerprint density at radius 1 is 1.00 bits per heavy atom. The first kappa shape index (κ1) is 18.4. The topological polar surface area (TPSA) is 48.5 Å². The number of nitrogens with one attached hydrogen (secondary N) is 1. The van der Waals surface area contributed by atoms with Crippen LogP contribution in [0.25, 0.3) is 0 Å². The lowest BCUT2D eigenvalue weighted by Gasteiger charge is -2.22. The second-order valence-corrected chi connectivity index (χ2v) is 8.57. The maximum Gasteiger partial charge on any atom is 0.323 e. The molecular formula is C21H28N4OS. The van der Waals surface area contributed by atoms with Gasteiger partial charge in [0.1, 0.15) is 0 Å². The number of aryl methyl sites for hydroxylation is 2. The van der Waals surface area contributed by atoms with Crippen molar-refractivity contribution in [1.82, 2.24) is 14.8 Å². The van der Waals surface area contributed by atoms with Crippen LogP contribution in [0, 0.1) is 0 Å². The van der Waals surface area contributed by atoms with Gasteiger partial charge >= 0.3 is 6.03 Å². The van der Waals surface area contributed by atoms with E-state index in [1.165, 1.54) is 35.4 Å². The van der Waals surface area contributed by atoms with Gasteiger partial charge in [-0.3, -0.25) is 10.2 Å². The predicted octanol–water partition coefficient (Wildman–Crippen LogP) is 4.15. The molecule has 0 atom stereocenters. The van der Waals surface area contributed by atoms with Gasteiger partial charge in [0.05, 0.1) is 5.69 Å². The highest BCUT2D eigenvalue weighted by molar-refractivity contribution is 7.15. The molecule has 144 valence electrons. The normalized spacial score (nSPS) is 18.4. The summed E-state index contributed by atoms with van der Waals surface area (Å²) in [6, 6.07) is 10.6. The van der Waals surface area contributed by atoms with Crippen molar-refractivity contribution in [3.05, 3.63) is 46.5 Å². The van der Waals surface area contributed by atoms with E-state index in [4.69, 9.17) is 0 Å². The first-order valence-corrected chi connectivity index (χ1v) is 10.9. The molecule has 2 heterocycles. The number of anilines is 1. The number of nitrogens with zero attached hydrogens (tertiary/aromatic N) is 3. The van der Waals surface area contributed by atoms with Crippen molar-refractivity contribution in [3.8, 4) is 0 Å². The minimum atomic E-state index is 0.000436. The number of benzene rings is 1. The molecule has 5 nitrogen and oxygen atoms in total. The Labute approximate surface area is 165 Å². The summed E-state index contributed by atoms with van der Waals surface area (Å²) in [7, 11) is 0. The second-order valence-electron chi connectivity index (χ2n) is 7.48. The summed E-state index contributed by atoms with van der Waals surface area (Å²) in [5, 5.41) is 3.83. The predicted molar refractivity (Wildman–Crippen MR) is 110 cm³/mol. The first-order valence-electron chi connectivity index (χ1n) is 10.1. The molecule has 1 N–H and O–H groups in total. The largest absolute Gasteiger partial charge is 0.323 e. The molecule has 1 fully saturated rings. The Morgan fingerprint density at radius 3 is 2.74 bits per heavy atom. The lowest BCUT2D eigenvalue weighted by atomic mass is 10.2. The van der Waals surface area contributed by atoms with Crippen LogP contribution in [0.1, 0.15) is 41.8 Å². The number of hydrogen-bond donors (Lipinski definition) is 1. The highest BCUT2D eigenvalue weighted by atomic mass is 32.1. The number of aromatic nitrogens is 1. The van der Waals surface area contributed by atoms with Crippen molar-refractivity contribution in [1.29, 1.82) is 0 Å². The number of thiazole rings is 1. The van der Waals surface area contributed by atoms with Gasteiger partial charge in [-0.1, -0.05) is 36.8 Å². The fourth-order valence-electron chi connectivity index (χ4n) is 3.93. The third-order valence-corrected chi connectivity index (χ3v) is 6.51.